The zero-order valence-corrected chi connectivity index (χ0v) is 11.3. The van der Waals surface area contributed by atoms with Crippen LogP contribution in [0.25, 0.3) is 0 Å². The van der Waals surface area contributed by atoms with Crippen molar-refractivity contribution in [3.8, 4) is 0 Å². The van der Waals surface area contributed by atoms with Gasteiger partial charge in [0.2, 0.25) is 0 Å². The molecule has 1 saturated heterocycles. The van der Waals surface area contributed by atoms with Gasteiger partial charge in [-0.3, -0.25) is 0 Å². The Balaban J connectivity index is 2.03. The van der Waals surface area contributed by atoms with Crippen molar-refractivity contribution in [3.05, 3.63) is 35.4 Å². The minimum absolute atomic E-state index is 0.810. The number of hydrogen-bond acceptors (Lipinski definition) is 2. The van der Waals surface area contributed by atoms with Crippen molar-refractivity contribution in [2.24, 2.45) is 5.73 Å². The summed E-state index contributed by atoms with van der Waals surface area (Å²) in [5.41, 5.74) is 8.75. The first-order valence-corrected chi connectivity index (χ1v) is 7.93. The highest BCUT2D eigenvalue weighted by Gasteiger charge is 2.17. The molecule has 1 aliphatic heterocycles. The standard InChI is InChI=1S/C15H23NS/c16-10-4-3-6-13-5-1-2-7-15(13)14-8-11-17-12-9-14/h1-2,5,7,14H,3-4,6,8-12,16H2. The maximum absolute atomic E-state index is 5.57. The van der Waals surface area contributed by atoms with Crippen LogP contribution in [0.1, 0.15) is 42.7 Å². The average Bonchev–Trinajstić information content (AvgIpc) is 2.41. The Kier molecular flexibility index (Phi) is 5.40. The summed E-state index contributed by atoms with van der Waals surface area (Å²) in [7, 11) is 0. The SMILES string of the molecule is NCCCCc1ccccc1C1CCSCC1. The Morgan fingerprint density at radius 1 is 1.12 bits per heavy atom. The van der Waals surface area contributed by atoms with Crippen molar-refractivity contribution >= 4 is 11.8 Å². The van der Waals surface area contributed by atoms with E-state index in [0.717, 1.165) is 18.9 Å². The summed E-state index contributed by atoms with van der Waals surface area (Å²) in [5.74, 6) is 3.48. The van der Waals surface area contributed by atoms with Crippen molar-refractivity contribution in [2.75, 3.05) is 18.1 Å². The second-order valence-electron chi connectivity index (χ2n) is 4.83. The van der Waals surface area contributed by atoms with Gasteiger partial charge < -0.3 is 5.73 Å². The molecule has 1 fully saturated rings. The van der Waals surface area contributed by atoms with Crippen LogP contribution >= 0.6 is 11.8 Å². The molecule has 1 aromatic rings. The van der Waals surface area contributed by atoms with E-state index in [2.05, 4.69) is 36.0 Å². The van der Waals surface area contributed by atoms with Crippen molar-refractivity contribution in [2.45, 2.75) is 38.0 Å². The Bertz CT molecular complexity index is 331. The van der Waals surface area contributed by atoms with Gasteiger partial charge in [-0.25, -0.2) is 0 Å². The van der Waals surface area contributed by atoms with Crippen molar-refractivity contribution in [1.29, 1.82) is 0 Å². The van der Waals surface area contributed by atoms with Gasteiger partial charge in [0.05, 0.1) is 0 Å². The monoisotopic (exact) mass is 249 g/mol. The van der Waals surface area contributed by atoms with E-state index >= 15 is 0 Å². The summed E-state index contributed by atoms with van der Waals surface area (Å²) in [5, 5.41) is 0. The van der Waals surface area contributed by atoms with Gasteiger partial charge >= 0.3 is 0 Å². The van der Waals surface area contributed by atoms with Gasteiger partial charge in [0, 0.05) is 0 Å². The number of benzene rings is 1. The molecule has 0 amide bonds. The first kappa shape index (κ1) is 13.0. The molecule has 2 heteroatoms. The zero-order chi connectivity index (χ0) is 11.9. The van der Waals surface area contributed by atoms with Gasteiger partial charge in [-0.1, -0.05) is 24.3 Å². The van der Waals surface area contributed by atoms with Gasteiger partial charge in [-0.15, -0.1) is 0 Å². The molecule has 1 nitrogen and oxygen atoms in total. The molecule has 0 bridgehead atoms. The summed E-state index contributed by atoms with van der Waals surface area (Å²) in [6, 6.07) is 9.04. The lowest BCUT2D eigenvalue weighted by Crippen LogP contribution is -2.10. The highest BCUT2D eigenvalue weighted by Crippen LogP contribution is 2.33. The van der Waals surface area contributed by atoms with E-state index in [-0.39, 0.29) is 0 Å². The number of nitrogens with two attached hydrogens (primary N) is 1. The molecule has 1 heterocycles. The molecule has 1 aliphatic rings. The van der Waals surface area contributed by atoms with Crippen LogP contribution in [0.2, 0.25) is 0 Å². The minimum atomic E-state index is 0.810. The van der Waals surface area contributed by atoms with Crippen LogP contribution in [0.3, 0.4) is 0 Å². The third-order valence-electron chi connectivity index (χ3n) is 3.62. The van der Waals surface area contributed by atoms with Crippen molar-refractivity contribution in [3.63, 3.8) is 0 Å². The number of rotatable bonds is 5. The highest BCUT2D eigenvalue weighted by molar-refractivity contribution is 7.99. The van der Waals surface area contributed by atoms with E-state index in [4.69, 9.17) is 5.73 Å². The number of unbranched alkanes of at least 4 members (excludes halogenated alkanes) is 1. The van der Waals surface area contributed by atoms with Gasteiger partial charge in [-0.2, -0.15) is 11.8 Å². The molecular weight excluding hydrogens is 226 g/mol. The molecule has 0 spiro atoms. The van der Waals surface area contributed by atoms with E-state index in [1.165, 1.54) is 37.2 Å². The topological polar surface area (TPSA) is 26.0 Å². The second-order valence-corrected chi connectivity index (χ2v) is 6.06. The fourth-order valence-electron chi connectivity index (χ4n) is 2.63. The third-order valence-corrected chi connectivity index (χ3v) is 4.67. The summed E-state index contributed by atoms with van der Waals surface area (Å²) in [4.78, 5) is 0. The molecular formula is C15H23NS. The molecule has 0 saturated carbocycles. The quantitative estimate of drug-likeness (QED) is 0.807. The van der Waals surface area contributed by atoms with E-state index in [0.29, 0.717) is 0 Å². The molecule has 0 unspecified atom stereocenters. The molecule has 94 valence electrons. The van der Waals surface area contributed by atoms with Crippen molar-refractivity contribution < 1.29 is 0 Å². The van der Waals surface area contributed by atoms with E-state index in [9.17, 15) is 0 Å². The van der Waals surface area contributed by atoms with E-state index in [1.807, 2.05) is 0 Å². The lowest BCUT2D eigenvalue weighted by atomic mass is 9.88. The Morgan fingerprint density at radius 3 is 2.65 bits per heavy atom. The van der Waals surface area contributed by atoms with Crippen LogP contribution < -0.4 is 5.73 Å². The molecule has 0 aromatic heterocycles. The average molecular weight is 249 g/mol. The summed E-state index contributed by atoms with van der Waals surface area (Å²) in [6.07, 6.45) is 6.30. The first-order chi connectivity index (χ1) is 8.42. The summed E-state index contributed by atoms with van der Waals surface area (Å²) < 4.78 is 0. The maximum atomic E-state index is 5.57. The summed E-state index contributed by atoms with van der Waals surface area (Å²) >= 11 is 2.10. The van der Waals surface area contributed by atoms with Gasteiger partial charge in [-0.05, 0) is 67.2 Å². The second kappa shape index (κ2) is 7.07. The Hall–Kier alpha value is -0.470. The van der Waals surface area contributed by atoms with Gasteiger partial charge in [0.15, 0.2) is 0 Å². The fraction of sp³-hybridized carbons (Fsp3) is 0.600. The molecule has 0 atom stereocenters. The number of hydrogen-bond donors (Lipinski definition) is 1. The van der Waals surface area contributed by atoms with Gasteiger partial charge in [0.1, 0.15) is 0 Å². The molecule has 0 aliphatic carbocycles. The highest BCUT2D eigenvalue weighted by atomic mass is 32.2. The van der Waals surface area contributed by atoms with Crippen LogP contribution in [-0.2, 0) is 6.42 Å². The minimum Gasteiger partial charge on any atom is -0.330 e. The van der Waals surface area contributed by atoms with E-state index < -0.39 is 0 Å². The largest absolute Gasteiger partial charge is 0.330 e. The normalized spacial score (nSPS) is 17.2. The lowest BCUT2D eigenvalue weighted by Gasteiger charge is -2.24. The summed E-state index contributed by atoms with van der Waals surface area (Å²) in [6.45, 7) is 0.822. The zero-order valence-electron chi connectivity index (χ0n) is 10.5. The molecule has 1 aromatic carbocycles. The first-order valence-electron chi connectivity index (χ1n) is 6.77. The Labute approximate surface area is 109 Å². The van der Waals surface area contributed by atoms with Crippen LogP contribution in [0.15, 0.2) is 24.3 Å². The maximum Gasteiger partial charge on any atom is -0.00617 e. The van der Waals surface area contributed by atoms with Crippen molar-refractivity contribution in [1.82, 2.24) is 0 Å². The predicted octanol–water partition coefficient (Wildman–Crippen LogP) is 3.58. The number of aryl methyl sites for hydroxylation is 1. The smallest absolute Gasteiger partial charge is 0.00617 e. The molecule has 17 heavy (non-hydrogen) atoms. The molecule has 0 radical (unpaired) electrons. The molecule has 2 rings (SSSR count). The van der Waals surface area contributed by atoms with E-state index in [1.54, 1.807) is 11.1 Å². The lowest BCUT2D eigenvalue weighted by molar-refractivity contribution is 0.625. The van der Waals surface area contributed by atoms with Gasteiger partial charge in [0.25, 0.3) is 0 Å². The fourth-order valence-corrected chi connectivity index (χ4v) is 3.74. The van der Waals surface area contributed by atoms with Crippen LogP contribution in [0.4, 0.5) is 0 Å². The number of thioether (sulfide) groups is 1. The predicted molar refractivity (Wildman–Crippen MR) is 77.7 cm³/mol. The van der Waals surface area contributed by atoms with Crippen LogP contribution in [-0.4, -0.2) is 18.1 Å². The van der Waals surface area contributed by atoms with Crippen LogP contribution in [0.5, 0.6) is 0 Å². The van der Waals surface area contributed by atoms with Crippen LogP contribution in [0, 0.1) is 0 Å². The molecule has 2 N–H and O–H groups in total. The Morgan fingerprint density at radius 2 is 1.88 bits per heavy atom. The third kappa shape index (κ3) is 3.75.